The molecule has 1 unspecified atom stereocenters. The molecular weight excluding hydrogens is 566 g/mol. The highest BCUT2D eigenvalue weighted by atomic mass is 32.2. The number of sulfonamides is 1. The van der Waals surface area contributed by atoms with Gasteiger partial charge in [-0.3, -0.25) is 14.5 Å². The van der Waals surface area contributed by atoms with Crippen LogP contribution < -0.4 is 14.9 Å². The summed E-state index contributed by atoms with van der Waals surface area (Å²) in [5.41, 5.74) is 9.09. The molecule has 0 aliphatic rings. The number of carbonyl (C=O) groups excluding carboxylic acids is 2. The summed E-state index contributed by atoms with van der Waals surface area (Å²) in [5.74, 6) is -0.268. The molecule has 4 aromatic rings. The minimum Gasteiger partial charge on any atom is -0.364 e. The van der Waals surface area contributed by atoms with E-state index >= 15 is 0 Å². The van der Waals surface area contributed by atoms with Gasteiger partial charge in [-0.05, 0) is 38.0 Å². The van der Waals surface area contributed by atoms with Crippen LogP contribution in [0.2, 0.25) is 0 Å². The molecule has 4 rings (SSSR count). The van der Waals surface area contributed by atoms with Crippen molar-refractivity contribution in [3.63, 3.8) is 0 Å². The first-order chi connectivity index (χ1) is 20.4. The van der Waals surface area contributed by atoms with Crippen molar-refractivity contribution >= 4 is 33.3 Å². The molecule has 10 nitrogen and oxygen atoms in total. The Hall–Kier alpha value is -4.35. The van der Waals surface area contributed by atoms with E-state index in [1.807, 2.05) is 45.0 Å². The number of quaternary nitrogens is 1. The molecule has 2 aromatic heterocycles. The van der Waals surface area contributed by atoms with Gasteiger partial charge >= 0.3 is 5.91 Å². The number of aryl methyl sites for hydroxylation is 1. The summed E-state index contributed by atoms with van der Waals surface area (Å²) in [5, 5.41) is 3.83. The molecule has 43 heavy (non-hydrogen) atoms. The maximum absolute atomic E-state index is 14.0. The summed E-state index contributed by atoms with van der Waals surface area (Å²) in [7, 11) is -4.00. The third-order valence-corrected chi connectivity index (χ3v) is 9.07. The van der Waals surface area contributed by atoms with E-state index in [9.17, 15) is 18.0 Å². The molecule has 11 heteroatoms. The number of nitrogens with one attached hydrogen (secondary N) is 1. The Morgan fingerprint density at radius 2 is 1.72 bits per heavy atom. The van der Waals surface area contributed by atoms with Gasteiger partial charge in [0.2, 0.25) is 0 Å². The number of nitrogens with zero attached hydrogens (tertiary/aromatic N) is 3. The number of aromatic nitrogens is 2. The average Bonchev–Trinajstić information content (AvgIpc) is 3.29. The van der Waals surface area contributed by atoms with Crippen LogP contribution in [-0.2, 0) is 26.2 Å². The lowest BCUT2D eigenvalue weighted by Crippen LogP contribution is -2.66. The van der Waals surface area contributed by atoms with Crippen LogP contribution in [0.5, 0.6) is 0 Å². The second kappa shape index (κ2) is 12.9. The van der Waals surface area contributed by atoms with E-state index in [1.54, 1.807) is 56.6 Å². The molecule has 0 saturated carbocycles. The highest BCUT2D eigenvalue weighted by Gasteiger charge is 2.50. The van der Waals surface area contributed by atoms with Crippen LogP contribution in [0.3, 0.4) is 0 Å². The van der Waals surface area contributed by atoms with Gasteiger partial charge in [0.15, 0.2) is 17.5 Å². The number of hydrogen-bond donors (Lipinski definition) is 2. The summed E-state index contributed by atoms with van der Waals surface area (Å²) in [4.78, 5) is 31.3. The molecule has 0 saturated heterocycles. The third kappa shape index (κ3) is 6.37. The Morgan fingerprint density at radius 1 is 1.02 bits per heavy atom. The maximum atomic E-state index is 14.0. The second-order valence-corrected chi connectivity index (χ2v) is 12.6. The lowest BCUT2D eigenvalue weighted by molar-refractivity contribution is -0.140. The fraction of sp³-hybridized carbons (Fsp3) is 0.312. The molecule has 0 bridgehead atoms. The van der Waals surface area contributed by atoms with Gasteiger partial charge in [-0.2, -0.15) is 0 Å². The van der Waals surface area contributed by atoms with Gasteiger partial charge < -0.3 is 10.3 Å². The Labute approximate surface area is 252 Å². The van der Waals surface area contributed by atoms with E-state index in [0.29, 0.717) is 34.6 Å². The Balaban J connectivity index is 1.77. The Kier molecular flexibility index (Phi) is 9.46. The van der Waals surface area contributed by atoms with Crippen molar-refractivity contribution in [3.05, 3.63) is 89.9 Å². The number of pyridine rings is 1. The zero-order valence-corrected chi connectivity index (χ0v) is 25.9. The summed E-state index contributed by atoms with van der Waals surface area (Å²) in [6.07, 6.45) is 4.10. The quantitative estimate of drug-likeness (QED) is 0.203. The van der Waals surface area contributed by atoms with Gasteiger partial charge in [0, 0.05) is 34.9 Å². The van der Waals surface area contributed by atoms with E-state index in [4.69, 9.17) is 10.3 Å². The predicted octanol–water partition coefficient (Wildman–Crippen LogP) is 5.50. The van der Waals surface area contributed by atoms with E-state index in [1.165, 1.54) is 6.07 Å². The summed E-state index contributed by atoms with van der Waals surface area (Å²) in [6, 6.07) is 16.7. The first kappa shape index (κ1) is 31.6. The van der Waals surface area contributed by atoms with Crippen molar-refractivity contribution < 1.29 is 22.5 Å². The molecule has 0 fully saturated rings. The van der Waals surface area contributed by atoms with Crippen LogP contribution in [-0.4, -0.2) is 36.4 Å². The molecule has 226 valence electrons. The van der Waals surface area contributed by atoms with Crippen LogP contribution in [0.1, 0.15) is 50.5 Å². The van der Waals surface area contributed by atoms with Gasteiger partial charge in [0.25, 0.3) is 15.9 Å². The number of benzene rings is 2. The van der Waals surface area contributed by atoms with E-state index < -0.39 is 22.0 Å². The van der Waals surface area contributed by atoms with Crippen molar-refractivity contribution in [2.45, 2.75) is 64.9 Å². The fourth-order valence-corrected chi connectivity index (χ4v) is 6.80. The van der Waals surface area contributed by atoms with Crippen molar-refractivity contribution in [2.75, 3.05) is 4.72 Å². The van der Waals surface area contributed by atoms with E-state index in [-0.39, 0.29) is 40.0 Å². The van der Waals surface area contributed by atoms with Crippen molar-refractivity contribution in [3.8, 4) is 11.1 Å². The summed E-state index contributed by atoms with van der Waals surface area (Å²) < 4.78 is 34.2. The smallest absolute Gasteiger partial charge is 0.319 e. The predicted molar refractivity (Wildman–Crippen MR) is 166 cm³/mol. The van der Waals surface area contributed by atoms with Gasteiger partial charge in [0.05, 0.1) is 17.5 Å². The standard InChI is InChI=1S/C32H37N5O5S/c1-6-10-29(38)37(26-11-9-18-34-19-26,30(21(2)3)31(33)39)20-24-14-16-25(17-15-24)27-12-7-8-13-28(27)43(40,41)36-32-22(4)23(5)42-35-32/h7-9,11-19,21,30H,6,10,20H2,1-5H3,(H2-,33,35,36,39)/p+1/t30-,37?/m0/s1. The van der Waals surface area contributed by atoms with Gasteiger partial charge in [-0.1, -0.05) is 68.4 Å². The number of carbonyl (C=O) groups is 2. The SMILES string of the molecule is CCCC(=O)[N+](Cc1ccc(-c2ccccc2S(=O)(=O)Nc2noc(C)c2C)cc1)(c1cccnc1)[C@H](C(N)=O)C(C)C. The van der Waals surface area contributed by atoms with Gasteiger partial charge in [-0.15, -0.1) is 0 Å². The van der Waals surface area contributed by atoms with E-state index in [2.05, 4.69) is 14.9 Å². The number of anilines is 1. The van der Waals surface area contributed by atoms with E-state index in [0.717, 1.165) is 5.56 Å². The van der Waals surface area contributed by atoms with Crippen LogP contribution in [0.15, 0.2) is 82.5 Å². The molecule has 2 atom stereocenters. The highest BCUT2D eigenvalue weighted by Crippen LogP contribution is 2.35. The average molecular weight is 605 g/mol. The van der Waals surface area contributed by atoms with Crippen molar-refractivity contribution in [2.24, 2.45) is 11.7 Å². The van der Waals surface area contributed by atoms with Crippen LogP contribution >= 0.6 is 0 Å². The maximum Gasteiger partial charge on any atom is 0.319 e. The number of nitrogens with two attached hydrogens (primary N) is 1. The Morgan fingerprint density at radius 3 is 2.28 bits per heavy atom. The first-order valence-corrected chi connectivity index (χ1v) is 15.7. The monoisotopic (exact) mass is 604 g/mol. The van der Waals surface area contributed by atoms with Gasteiger partial charge in [-0.25, -0.2) is 17.7 Å². The topological polar surface area (TPSA) is 145 Å². The minimum atomic E-state index is -4.00. The summed E-state index contributed by atoms with van der Waals surface area (Å²) in [6.45, 7) is 9.29. The third-order valence-electron chi connectivity index (χ3n) is 7.68. The number of rotatable bonds is 12. The van der Waals surface area contributed by atoms with Crippen molar-refractivity contribution in [1.82, 2.24) is 14.6 Å². The zero-order chi connectivity index (χ0) is 31.4. The minimum absolute atomic E-state index is 0.0787. The van der Waals surface area contributed by atoms with Gasteiger partial charge in [0.1, 0.15) is 12.3 Å². The molecule has 0 spiro atoms. The van der Waals surface area contributed by atoms with Crippen molar-refractivity contribution in [1.29, 1.82) is 0 Å². The molecule has 3 N–H and O–H groups in total. The van der Waals surface area contributed by atoms with Crippen LogP contribution in [0.25, 0.3) is 11.1 Å². The molecule has 2 heterocycles. The zero-order valence-electron chi connectivity index (χ0n) is 25.1. The molecule has 0 aliphatic carbocycles. The molecular formula is C32H38N5O5S+. The lowest BCUT2D eigenvalue weighted by atomic mass is 9.94. The lowest BCUT2D eigenvalue weighted by Gasteiger charge is -2.42. The first-order valence-electron chi connectivity index (χ1n) is 14.2. The largest absolute Gasteiger partial charge is 0.364 e. The normalized spacial score (nSPS) is 13.8. The second-order valence-electron chi connectivity index (χ2n) is 11.0. The van der Waals surface area contributed by atoms with Crippen LogP contribution in [0, 0.1) is 19.8 Å². The molecule has 0 aliphatic heterocycles. The molecule has 2 amide bonds. The number of amides is 2. The molecule has 0 radical (unpaired) electrons. The molecule has 2 aromatic carbocycles. The van der Waals surface area contributed by atoms with Crippen LogP contribution in [0.4, 0.5) is 11.5 Å². The fourth-order valence-electron chi connectivity index (χ4n) is 5.51. The Bertz CT molecular complexity index is 1700. The number of primary amides is 1. The number of hydrogen-bond acceptors (Lipinski definition) is 7. The highest BCUT2D eigenvalue weighted by molar-refractivity contribution is 7.92. The summed E-state index contributed by atoms with van der Waals surface area (Å²) >= 11 is 0.